The van der Waals surface area contributed by atoms with Gasteiger partial charge in [0.1, 0.15) is 4.90 Å². The fourth-order valence-electron chi connectivity index (χ4n) is 1.32. The molecule has 19 heavy (non-hydrogen) atoms. The maximum absolute atomic E-state index is 11.9. The Hall–Kier alpha value is -1.12. The maximum atomic E-state index is 11.9. The summed E-state index contributed by atoms with van der Waals surface area (Å²) in [5.41, 5.74) is -0.605. The van der Waals surface area contributed by atoms with Gasteiger partial charge in [-0.25, -0.2) is 8.42 Å². The number of hydrogen-bond donors (Lipinski definition) is 2. The van der Waals surface area contributed by atoms with Crippen LogP contribution in [-0.2, 0) is 13.8 Å². The minimum atomic E-state index is -4.04. The number of H-pyrrole nitrogens is 1. The Morgan fingerprint density at radius 2 is 2.11 bits per heavy atom. The van der Waals surface area contributed by atoms with Crippen LogP contribution in [0.15, 0.2) is 4.90 Å². The minimum absolute atomic E-state index is 0.204. The van der Waals surface area contributed by atoms with Gasteiger partial charge in [0.15, 0.2) is 5.69 Å². The van der Waals surface area contributed by atoms with Crippen LogP contribution in [0.1, 0.15) is 30.0 Å². The number of aromatic nitrogens is 2. The third-order valence-corrected chi connectivity index (χ3v) is 4.03. The molecule has 1 rings (SSSR count). The van der Waals surface area contributed by atoms with E-state index in [1.165, 1.54) is 14.0 Å². The topological polar surface area (TPSA) is 101 Å². The lowest BCUT2D eigenvalue weighted by molar-refractivity contribution is 0.0228. The molecule has 0 saturated carbocycles. The quantitative estimate of drug-likeness (QED) is 0.783. The Morgan fingerprint density at radius 1 is 1.53 bits per heavy atom. The van der Waals surface area contributed by atoms with Crippen molar-refractivity contribution in [2.45, 2.75) is 31.3 Å². The van der Waals surface area contributed by atoms with E-state index in [9.17, 15) is 13.2 Å². The molecule has 1 heterocycles. The highest BCUT2D eigenvalue weighted by atomic mass is 35.7. The molecule has 1 aromatic heterocycles. The van der Waals surface area contributed by atoms with Crippen LogP contribution in [0.5, 0.6) is 0 Å². The first-order chi connectivity index (χ1) is 8.58. The van der Waals surface area contributed by atoms with Crippen LogP contribution in [0.3, 0.4) is 0 Å². The summed E-state index contributed by atoms with van der Waals surface area (Å²) in [6, 6.07) is 0. The lowest BCUT2D eigenvalue weighted by Gasteiger charge is -2.22. The number of carbonyl (C=O) groups is 1. The Bertz CT molecular complexity index is 580. The average Bonchev–Trinajstić information content (AvgIpc) is 2.68. The summed E-state index contributed by atoms with van der Waals surface area (Å²) in [6.45, 7) is 5.23. The second kappa shape index (κ2) is 5.48. The Balaban J connectivity index is 2.97. The molecule has 7 nitrogen and oxygen atoms in total. The maximum Gasteiger partial charge on any atom is 0.273 e. The van der Waals surface area contributed by atoms with Crippen molar-refractivity contribution >= 4 is 25.6 Å². The van der Waals surface area contributed by atoms with E-state index in [-0.39, 0.29) is 22.8 Å². The van der Waals surface area contributed by atoms with Crippen molar-refractivity contribution in [3.05, 3.63) is 11.4 Å². The molecule has 0 bridgehead atoms. The number of aromatic amines is 1. The van der Waals surface area contributed by atoms with Gasteiger partial charge in [0.2, 0.25) is 0 Å². The van der Waals surface area contributed by atoms with E-state index in [0.717, 1.165) is 0 Å². The zero-order chi connectivity index (χ0) is 14.8. The highest BCUT2D eigenvalue weighted by molar-refractivity contribution is 8.13. The van der Waals surface area contributed by atoms with Gasteiger partial charge in [-0.2, -0.15) is 5.10 Å². The lowest BCUT2D eigenvalue weighted by atomic mass is 10.1. The molecule has 9 heteroatoms. The fraction of sp³-hybridized carbons (Fsp3) is 0.600. The molecule has 0 radical (unpaired) electrons. The van der Waals surface area contributed by atoms with Gasteiger partial charge in [0.25, 0.3) is 15.0 Å². The summed E-state index contributed by atoms with van der Waals surface area (Å²) in [5.74, 6) is -0.631. The second-order valence-corrected chi connectivity index (χ2v) is 7.11. The third-order valence-electron chi connectivity index (χ3n) is 2.58. The number of methoxy groups -OCH3 is 1. The molecular weight excluding hydrogens is 294 g/mol. The smallest absolute Gasteiger partial charge is 0.273 e. The van der Waals surface area contributed by atoms with Crippen molar-refractivity contribution in [2.75, 3.05) is 13.7 Å². The van der Waals surface area contributed by atoms with Gasteiger partial charge in [0, 0.05) is 24.3 Å². The van der Waals surface area contributed by atoms with Crippen LogP contribution < -0.4 is 5.32 Å². The van der Waals surface area contributed by atoms with Crippen LogP contribution >= 0.6 is 10.7 Å². The summed E-state index contributed by atoms with van der Waals surface area (Å²) >= 11 is 0. The highest BCUT2D eigenvalue weighted by Gasteiger charge is 2.27. The van der Waals surface area contributed by atoms with Gasteiger partial charge in [-0.05, 0) is 20.8 Å². The van der Waals surface area contributed by atoms with Crippen LogP contribution in [-0.4, -0.2) is 43.8 Å². The van der Waals surface area contributed by atoms with Gasteiger partial charge in [0.05, 0.1) is 11.3 Å². The number of carbonyl (C=O) groups excluding carboxylic acids is 1. The van der Waals surface area contributed by atoms with E-state index in [0.29, 0.717) is 0 Å². The Labute approximate surface area is 116 Å². The van der Waals surface area contributed by atoms with Gasteiger partial charge in [-0.1, -0.05) is 0 Å². The molecule has 0 aromatic carbocycles. The zero-order valence-electron chi connectivity index (χ0n) is 11.1. The van der Waals surface area contributed by atoms with Gasteiger partial charge < -0.3 is 10.1 Å². The molecule has 0 spiro atoms. The van der Waals surface area contributed by atoms with Crippen LogP contribution in [0.25, 0.3) is 0 Å². The van der Waals surface area contributed by atoms with Crippen LogP contribution in [0, 0.1) is 6.92 Å². The molecule has 0 aliphatic carbocycles. The molecule has 2 N–H and O–H groups in total. The predicted molar refractivity (Wildman–Crippen MR) is 69.8 cm³/mol. The van der Waals surface area contributed by atoms with E-state index in [1.54, 1.807) is 13.8 Å². The minimum Gasteiger partial charge on any atom is -0.377 e. The molecule has 0 aliphatic rings. The van der Waals surface area contributed by atoms with E-state index < -0.39 is 20.6 Å². The summed E-state index contributed by atoms with van der Waals surface area (Å²) < 4.78 is 27.9. The number of amides is 1. The summed E-state index contributed by atoms with van der Waals surface area (Å²) in [4.78, 5) is 11.6. The second-order valence-electron chi connectivity index (χ2n) is 4.61. The van der Waals surface area contributed by atoms with Gasteiger partial charge in [-0.3, -0.25) is 9.89 Å². The molecule has 108 valence electrons. The van der Waals surface area contributed by atoms with Crippen LogP contribution in [0.2, 0.25) is 0 Å². The zero-order valence-corrected chi connectivity index (χ0v) is 12.6. The molecule has 1 aromatic rings. The van der Waals surface area contributed by atoms with Crippen LogP contribution in [0.4, 0.5) is 0 Å². The van der Waals surface area contributed by atoms with Crippen molar-refractivity contribution in [1.82, 2.24) is 15.5 Å². The van der Waals surface area contributed by atoms with Crippen molar-refractivity contribution < 1.29 is 17.9 Å². The monoisotopic (exact) mass is 309 g/mol. The van der Waals surface area contributed by atoms with E-state index in [1.807, 2.05) is 0 Å². The van der Waals surface area contributed by atoms with Gasteiger partial charge >= 0.3 is 0 Å². The summed E-state index contributed by atoms with van der Waals surface area (Å²) in [6.07, 6.45) is 0. The average molecular weight is 310 g/mol. The molecule has 0 aliphatic heterocycles. The summed E-state index contributed by atoms with van der Waals surface area (Å²) in [5, 5.41) is 8.64. The number of hydrogen-bond acceptors (Lipinski definition) is 5. The van der Waals surface area contributed by atoms with E-state index in [4.69, 9.17) is 15.4 Å². The van der Waals surface area contributed by atoms with E-state index in [2.05, 4.69) is 15.5 Å². The first-order valence-electron chi connectivity index (χ1n) is 5.41. The van der Waals surface area contributed by atoms with E-state index >= 15 is 0 Å². The third kappa shape index (κ3) is 3.92. The Morgan fingerprint density at radius 3 is 2.58 bits per heavy atom. The fourth-order valence-corrected chi connectivity index (χ4v) is 2.67. The number of aryl methyl sites for hydroxylation is 1. The number of ether oxygens (including phenoxy) is 1. The Kier molecular flexibility index (Phi) is 4.59. The molecule has 1 amide bonds. The van der Waals surface area contributed by atoms with Crippen molar-refractivity contribution in [3.8, 4) is 0 Å². The summed E-state index contributed by atoms with van der Waals surface area (Å²) in [7, 11) is 2.75. The van der Waals surface area contributed by atoms with Crippen molar-refractivity contribution in [2.24, 2.45) is 0 Å². The molecule has 0 saturated heterocycles. The standard InChI is InChI=1S/C10H16ClN3O4S/c1-6-8(19(11,16)17)7(14-13-6)9(15)12-5-10(2,3)18-4/h5H2,1-4H3,(H,12,15)(H,13,14). The molecule has 0 atom stereocenters. The van der Waals surface area contributed by atoms with Crippen molar-refractivity contribution in [3.63, 3.8) is 0 Å². The highest BCUT2D eigenvalue weighted by Crippen LogP contribution is 2.21. The number of rotatable bonds is 5. The number of halogens is 1. The largest absolute Gasteiger partial charge is 0.377 e. The SMILES string of the molecule is COC(C)(C)CNC(=O)c1n[nH]c(C)c1S(=O)(=O)Cl. The lowest BCUT2D eigenvalue weighted by Crippen LogP contribution is -2.40. The molecule has 0 fully saturated rings. The van der Waals surface area contributed by atoms with Gasteiger partial charge in [-0.15, -0.1) is 0 Å². The predicted octanol–water partition coefficient (Wildman–Crippen LogP) is 0.800. The molecular formula is C10H16ClN3O4S. The first kappa shape index (κ1) is 15.9. The first-order valence-corrected chi connectivity index (χ1v) is 7.72. The number of nitrogens with zero attached hydrogens (tertiary/aromatic N) is 1. The number of nitrogens with one attached hydrogen (secondary N) is 2. The molecule has 0 unspecified atom stereocenters. The van der Waals surface area contributed by atoms with Crippen molar-refractivity contribution in [1.29, 1.82) is 0 Å². The normalized spacial score (nSPS) is 12.5.